The van der Waals surface area contributed by atoms with Gasteiger partial charge in [-0.2, -0.15) is 18.3 Å². The summed E-state index contributed by atoms with van der Waals surface area (Å²) in [7, 11) is 0. The zero-order chi connectivity index (χ0) is 14.0. The Morgan fingerprint density at radius 2 is 2.05 bits per heavy atom. The van der Waals surface area contributed by atoms with Crippen LogP contribution in [0.25, 0.3) is 5.69 Å². The lowest BCUT2D eigenvalue weighted by Crippen LogP contribution is -2.07. The Morgan fingerprint density at radius 3 is 2.68 bits per heavy atom. The molecule has 2 aromatic rings. The fraction of sp³-hybridized carbons (Fsp3) is 0.333. The van der Waals surface area contributed by atoms with Crippen LogP contribution in [-0.2, 0) is 12.6 Å². The van der Waals surface area contributed by atoms with Gasteiger partial charge in [-0.05, 0) is 31.7 Å². The van der Waals surface area contributed by atoms with Crippen LogP contribution < -0.4 is 5.73 Å². The first-order valence-corrected chi connectivity index (χ1v) is 5.72. The van der Waals surface area contributed by atoms with Crippen LogP contribution in [0, 0.1) is 6.92 Å². The molecule has 0 unspecified atom stereocenters. The van der Waals surface area contributed by atoms with Crippen LogP contribution in [0.5, 0.6) is 0 Å². The number of aryl methyl sites for hydroxylation is 1. The van der Waals surface area contributed by atoms with Crippen molar-refractivity contribution in [2.75, 3.05) is 6.54 Å². The molecule has 0 bridgehead atoms. The van der Waals surface area contributed by atoms with Crippen LogP contribution in [0.4, 0.5) is 13.2 Å². The van der Waals surface area contributed by atoms with Crippen LogP contribution >= 0.6 is 0 Å². The van der Waals surface area contributed by atoms with E-state index >= 15 is 0 Å². The Bertz CT molecular complexity index is 575. The Kier molecular flexibility index (Phi) is 3.57. The van der Waals surface area contributed by atoms with Gasteiger partial charge >= 0.3 is 6.18 Å². The molecule has 0 aliphatic rings. The molecule has 0 aliphatic heterocycles. The predicted octanol–water partition coefficient (Wildman–Crippen LogP) is 2.10. The number of aromatic nitrogens is 3. The fourth-order valence-corrected chi connectivity index (χ4v) is 1.74. The lowest BCUT2D eigenvalue weighted by Gasteiger charge is -2.09. The van der Waals surface area contributed by atoms with Crippen LogP contribution in [0.3, 0.4) is 0 Å². The monoisotopic (exact) mass is 270 g/mol. The minimum Gasteiger partial charge on any atom is -0.330 e. The van der Waals surface area contributed by atoms with Crippen LogP contribution in [0.2, 0.25) is 0 Å². The molecule has 0 amide bonds. The molecule has 102 valence electrons. The molecule has 0 fully saturated rings. The second-order valence-corrected chi connectivity index (χ2v) is 4.07. The zero-order valence-electron chi connectivity index (χ0n) is 10.3. The SMILES string of the molecule is Cc1nc(CCN)nn1-c1cccc(C(F)(F)F)c1. The van der Waals surface area contributed by atoms with Gasteiger partial charge in [0.05, 0.1) is 11.3 Å². The Balaban J connectivity index is 2.42. The molecule has 0 aliphatic carbocycles. The molecule has 2 N–H and O–H groups in total. The summed E-state index contributed by atoms with van der Waals surface area (Å²) < 4.78 is 39.3. The average molecular weight is 270 g/mol. The van der Waals surface area contributed by atoms with E-state index in [4.69, 9.17) is 5.73 Å². The van der Waals surface area contributed by atoms with Gasteiger partial charge in [-0.1, -0.05) is 6.07 Å². The number of alkyl halides is 3. The second kappa shape index (κ2) is 5.00. The molecule has 19 heavy (non-hydrogen) atoms. The van der Waals surface area contributed by atoms with Crippen molar-refractivity contribution in [3.8, 4) is 5.69 Å². The predicted molar refractivity (Wildman–Crippen MR) is 63.9 cm³/mol. The quantitative estimate of drug-likeness (QED) is 0.929. The number of rotatable bonds is 3. The minimum atomic E-state index is -4.37. The molecule has 4 nitrogen and oxygen atoms in total. The molecule has 7 heteroatoms. The van der Waals surface area contributed by atoms with Gasteiger partial charge in [-0.15, -0.1) is 0 Å². The van der Waals surface area contributed by atoms with E-state index in [-0.39, 0.29) is 0 Å². The Labute approximate surface area is 108 Å². The van der Waals surface area contributed by atoms with Crippen molar-refractivity contribution in [2.24, 2.45) is 5.73 Å². The first-order chi connectivity index (χ1) is 8.91. The maximum absolute atomic E-state index is 12.6. The molecule has 0 spiro atoms. The van der Waals surface area contributed by atoms with Gasteiger partial charge in [-0.25, -0.2) is 9.67 Å². The van der Waals surface area contributed by atoms with E-state index in [1.165, 1.54) is 10.7 Å². The van der Waals surface area contributed by atoms with Crippen molar-refractivity contribution in [1.29, 1.82) is 0 Å². The summed E-state index contributed by atoms with van der Waals surface area (Å²) in [4.78, 5) is 4.16. The summed E-state index contributed by atoms with van der Waals surface area (Å²) in [5.74, 6) is 1.06. The highest BCUT2D eigenvalue weighted by atomic mass is 19.4. The van der Waals surface area contributed by atoms with E-state index in [0.717, 1.165) is 12.1 Å². The van der Waals surface area contributed by atoms with E-state index in [0.29, 0.717) is 30.3 Å². The number of nitrogens with two attached hydrogens (primary N) is 1. The first kappa shape index (κ1) is 13.5. The molecule has 0 radical (unpaired) electrons. The third kappa shape index (κ3) is 2.93. The summed E-state index contributed by atoms with van der Waals surface area (Å²) in [6, 6.07) is 4.98. The molecule has 0 saturated heterocycles. The van der Waals surface area contributed by atoms with Gasteiger partial charge < -0.3 is 5.73 Å². The first-order valence-electron chi connectivity index (χ1n) is 5.72. The van der Waals surface area contributed by atoms with Gasteiger partial charge in [0, 0.05) is 6.42 Å². The van der Waals surface area contributed by atoms with E-state index in [2.05, 4.69) is 10.1 Å². The standard InChI is InChI=1S/C12H13F3N4/c1-8-17-11(5-6-16)18-19(8)10-4-2-3-9(7-10)12(13,14)15/h2-4,7H,5-6,16H2,1H3. The smallest absolute Gasteiger partial charge is 0.330 e. The van der Waals surface area contributed by atoms with Crippen LogP contribution in [-0.4, -0.2) is 21.3 Å². The number of hydrogen-bond donors (Lipinski definition) is 1. The lowest BCUT2D eigenvalue weighted by molar-refractivity contribution is -0.137. The van der Waals surface area contributed by atoms with Crippen molar-refractivity contribution >= 4 is 0 Å². The highest BCUT2D eigenvalue weighted by molar-refractivity contribution is 5.37. The topological polar surface area (TPSA) is 56.7 Å². The largest absolute Gasteiger partial charge is 0.416 e. The average Bonchev–Trinajstić information content (AvgIpc) is 2.70. The molecular weight excluding hydrogens is 257 g/mol. The third-order valence-electron chi connectivity index (χ3n) is 2.60. The fourth-order valence-electron chi connectivity index (χ4n) is 1.74. The minimum absolute atomic E-state index is 0.336. The van der Waals surface area contributed by atoms with Gasteiger partial charge in [0.2, 0.25) is 0 Å². The van der Waals surface area contributed by atoms with E-state index in [1.807, 2.05) is 0 Å². The molecule has 2 rings (SSSR count). The molecule has 1 aromatic carbocycles. The Morgan fingerprint density at radius 1 is 1.32 bits per heavy atom. The second-order valence-electron chi connectivity index (χ2n) is 4.07. The van der Waals surface area contributed by atoms with Crippen LogP contribution in [0.1, 0.15) is 17.2 Å². The van der Waals surface area contributed by atoms with Gasteiger partial charge in [-0.3, -0.25) is 0 Å². The maximum Gasteiger partial charge on any atom is 0.416 e. The third-order valence-corrected chi connectivity index (χ3v) is 2.60. The Hall–Kier alpha value is -1.89. The van der Waals surface area contributed by atoms with Gasteiger partial charge in [0.1, 0.15) is 5.82 Å². The lowest BCUT2D eigenvalue weighted by atomic mass is 10.2. The molecule has 0 atom stereocenters. The maximum atomic E-state index is 12.6. The normalized spacial score (nSPS) is 11.8. The molecule has 0 saturated carbocycles. The van der Waals surface area contributed by atoms with Gasteiger partial charge in [0.15, 0.2) is 5.82 Å². The van der Waals surface area contributed by atoms with E-state index < -0.39 is 11.7 Å². The highest BCUT2D eigenvalue weighted by Crippen LogP contribution is 2.30. The summed E-state index contributed by atoms with van der Waals surface area (Å²) in [5.41, 5.74) is 5.03. The van der Waals surface area contributed by atoms with Crippen molar-refractivity contribution in [3.63, 3.8) is 0 Å². The number of benzene rings is 1. The summed E-state index contributed by atoms with van der Waals surface area (Å²) >= 11 is 0. The molecule has 1 heterocycles. The summed E-state index contributed by atoms with van der Waals surface area (Å²) in [6.45, 7) is 2.08. The van der Waals surface area contributed by atoms with Crippen molar-refractivity contribution < 1.29 is 13.2 Å². The van der Waals surface area contributed by atoms with E-state index in [9.17, 15) is 13.2 Å². The molecule has 1 aromatic heterocycles. The van der Waals surface area contributed by atoms with Crippen molar-refractivity contribution in [3.05, 3.63) is 41.5 Å². The summed E-state index contributed by atoms with van der Waals surface area (Å²) in [6.07, 6.45) is -3.88. The highest BCUT2D eigenvalue weighted by Gasteiger charge is 2.30. The van der Waals surface area contributed by atoms with Crippen molar-refractivity contribution in [1.82, 2.24) is 14.8 Å². The summed E-state index contributed by atoms with van der Waals surface area (Å²) in [5, 5.41) is 4.15. The van der Waals surface area contributed by atoms with Crippen LogP contribution in [0.15, 0.2) is 24.3 Å². The van der Waals surface area contributed by atoms with Gasteiger partial charge in [0.25, 0.3) is 0 Å². The number of nitrogens with zero attached hydrogens (tertiary/aromatic N) is 3. The number of hydrogen-bond acceptors (Lipinski definition) is 3. The molecular formula is C12H13F3N4. The van der Waals surface area contributed by atoms with E-state index in [1.54, 1.807) is 13.0 Å². The zero-order valence-corrected chi connectivity index (χ0v) is 10.3. The number of halogens is 3. The van der Waals surface area contributed by atoms with Crippen molar-refractivity contribution in [2.45, 2.75) is 19.5 Å².